The van der Waals surface area contributed by atoms with Gasteiger partial charge in [-0.15, -0.1) is 10.2 Å². The second-order valence-corrected chi connectivity index (χ2v) is 6.97. The Kier molecular flexibility index (Phi) is 5.60. The van der Waals surface area contributed by atoms with Gasteiger partial charge in [-0.25, -0.2) is 4.98 Å². The van der Waals surface area contributed by atoms with Crippen LogP contribution in [0.15, 0.2) is 41.0 Å². The normalized spacial score (nSPS) is 12.6. The zero-order valence-electron chi connectivity index (χ0n) is 15.2. The monoisotopic (exact) mass is 469 g/mol. The van der Waals surface area contributed by atoms with Crippen LogP contribution in [-0.2, 0) is 13.2 Å². The lowest BCUT2D eigenvalue weighted by Crippen LogP contribution is -2.14. The van der Waals surface area contributed by atoms with E-state index in [4.69, 9.17) is 10.5 Å². The number of halogens is 4. The summed E-state index contributed by atoms with van der Waals surface area (Å²) in [5.41, 5.74) is 4.51. The van der Waals surface area contributed by atoms with Gasteiger partial charge in [-0.1, -0.05) is 18.2 Å². The van der Waals surface area contributed by atoms with Crippen LogP contribution in [-0.4, -0.2) is 25.7 Å². The van der Waals surface area contributed by atoms with Gasteiger partial charge in [0.2, 0.25) is 11.8 Å². The van der Waals surface area contributed by atoms with Gasteiger partial charge in [0.25, 0.3) is 0 Å². The predicted molar refractivity (Wildman–Crippen MR) is 101 cm³/mol. The molecular weight excluding hydrogens is 455 g/mol. The first kappa shape index (κ1) is 20.8. The first-order valence-electron chi connectivity index (χ1n) is 8.27. The van der Waals surface area contributed by atoms with Crippen LogP contribution in [0.3, 0.4) is 0 Å². The number of carbonyl (C=O) groups is 1. The van der Waals surface area contributed by atoms with Gasteiger partial charge in [0, 0.05) is 18.8 Å². The van der Waals surface area contributed by atoms with E-state index >= 15 is 0 Å². The Labute approximate surface area is 171 Å². The summed E-state index contributed by atoms with van der Waals surface area (Å²) in [5.74, 6) is -0.119. The summed E-state index contributed by atoms with van der Waals surface area (Å²) in [4.78, 5) is 15.2. The summed E-state index contributed by atoms with van der Waals surface area (Å²) in [6.45, 7) is 1.65. The third-order valence-electron chi connectivity index (χ3n) is 4.13. The summed E-state index contributed by atoms with van der Waals surface area (Å²) in [6.07, 6.45) is -3.96. The Morgan fingerprint density at radius 1 is 1.28 bits per heavy atom. The van der Waals surface area contributed by atoms with Crippen LogP contribution in [0.1, 0.15) is 34.8 Å². The molecule has 152 valence electrons. The third kappa shape index (κ3) is 4.24. The van der Waals surface area contributed by atoms with Gasteiger partial charge in [-0.3, -0.25) is 4.79 Å². The molecule has 0 aliphatic carbocycles. The highest BCUT2D eigenvalue weighted by atomic mass is 79.9. The largest absolute Gasteiger partial charge is 0.466 e. The van der Waals surface area contributed by atoms with Crippen molar-refractivity contribution in [2.24, 2.45) is 12.8 Å². The van der Waals surface area contributed by atoms with E-state index in [9.17, 15) is 18.0 Å². The molecule has 29 heavy (non-hydrogen) atoms. The summed E-state index contributed by atoms with van der Waals surface area (Å²) in [7, 11) is 1.55. The molecule has 7 nitrogen and oxygen atoms in total. The van der Waals surface area contributed by atoms with E-state index < -0.39 is 23.8 Å². The highest BCUT2D eigenvalue weighted by molar-refractivity contribution is 9.10. The Morgan fingerprint density at radius 2 is 1.97 bits per heavy atom. The van der Waals surface area contributed by atoms with Crippen LogP contribution in [0.4, 0.5) is 13.2 Å². The number of alkyl halides is 3. The molecule has 0 radical (unpaired) electrons. The zero-order valence-corrected chi connectivity index (χ0v) is 16.8. The minimum Gasteiger partial charge on any atom is -0.466 e. The Hall–Kier alpha value is -2.95. The van der Waals surface area contributed by atoms with Gasteiger partial charge in [0.15, 0.2) is 17.8 Å². The summed E-state index contributed by atoms with van der Waals surface area (Å²) >= 11 is 3.25. The molecule has 0 fully saturated rings. The molecule has 2 aromatic heterocycles. The fourth-order valence-electron chi connectivity index (χ4n) is 2.72. The molecule has 1 atom stereocenters. The molecule has 3 rings (SSSR count). The van der Waals surface area contributed by atoms with Gasteiger partial charge in [-0.05, 0) is 35.0 Å². The smallest absolute Gasteiger partial charge is 0.417 e. The first-order valence-corrected chi connectivity index (χ1v) is 9.06. The number of hydrogen-bond acceptors (Lipinski definition) is 5. The molecule has 1 amide bonds. The Morgan fingerprint density at radius 3 is 2.59 bits per heavy atom. The van der Waals surface area contributed by atoms with Crippen molar-refractivity contribution in [1.29, 1.82) is 0 Å². The third-order valence-corrected chi connectivity index (χ3v) is 4.69. The minimum atomic E-state index is -4.53. The molecule has 0 spiro atoms. The number of aromatic nitrogens is 4. The molecule has 1 aromatic carbocycles. The van der Waals surface area contributed by atoms with E-state index in [2.05, 4.69) is 31.1 Å². The van der Waals surface area contributed by atoms with Crippen LogP contribution >= 0.6 is 15.9 Å². The maximum atomic E-state index is 13.3. The standard InChI is InChI=1S/C18H15BrF3N5O2/c1-9(29-17-13(19)7-10(8-24-17)14(23)28)15-25-26-16(27(15)2)11-5-3-4-6-12(11)18(20,21)22/h3-9H,1-2H3,(H2,23,28)/t9-/m0/s1. The van der Waals surface area contributed by atoms with E-state index in [1.54, 1.807) is 14.0 Å². The summed E-state index contributed by atoms with van der Waals surface area (Å²) in [6, 6.07) is 6.60. The average Bonchev–Trinajstić information content (AvgIpc) is 3.04. The number of amides is 1. The number of primary amides is 1. The molecule has 2 heterocycles. The number of carbonyl (C=O) groups excluding carboxylic acids is 1. The number of nitrogens with zero attached hydrogens (tertiary/aromatic N) is 4. The van der Waals surface area contributed by atoms with Crippen molar-refractivity contribution < 1.29 is 22.7 Å². The second kappa shape index (κ2) is 7.82. The van der Waals surface area contributed by atoms with Crippen molar-refractivity contribution >= 4 is 21.8 Å². The number of benzene rings is 1. The van der Waals surface area contributed by atoms with Crippen LogP contribution in [0.5, 0.6) is 5.88 Å². The molecule has 0 bridgehead atoms. The fraction of sp³-hybridized carbons (Fsp3) is 0.222. The van der Waals surface area contributed by atoms with Crippen molar-refractivity contribution in [3.8, 4) is 17.3 Å². The van der Waals surface area contributed by atoms with Gasteiger partial charge < -0.3 is 15.0 Å². The van der Waals surface area contributed by atoms with Crippen molar-refractivity contribution in [3.63, 3.8) is 0 Å². The molecule has 2 N–H and O–H groups in total. The SMILES string of the molecule is C[C@H](Oc1ncc(C(N)=O)cc1Br)c1nnc(-c2ccccc2C(F)(F)F)n1C. The molecule has 0 unspecified atom stereocenters. The fourth-order valence-corrected chi connectivity index (χ4v) is 3.16. The van der Waals surface area contributed by atoms with Crippen LogP contribution in [0.2, 0.25) is 0 Å². The predicted octanol–water partition coefficient (Wildman–Crippen LogP) is 3.90. The highest BCUT2D eigenvalue weighted by Crippen LogP contribution is 2.37. The van der Waals surface area contributed by atoms with Crippen molar-refractivity contribution in [1.82, 2.24) is 19.7 Å². The van der Waals surface area contributed by atoms with Crippen LogP contribution < -0.4 is 10.5 Å². The average molecular weight is 470 g/mol. The Bertz CT molecular complexity index is 1070. The molecule has 0 aliphatic rings. The van der Waals surface area contributed by atoms with Crippen molar-refractivity contribution in [3.05, 3.63) is 58.0 Å². The first-order chi connectivity index (χ1) is 13.6. The van der Waals surface area contributed by atoms with Crippen LogP contribution in [0.25, 0.3) is 11.4 Å². The number of rotatable bonds is 5. The number of ether oxygens (including phenoxy) is 1. The maximum Gasteiger partial charge on any atom is 0.417 e. The Balaban J connectivity index is 1.92. The quantitative estimate of drug-likeness (QED) is 0.611. The van der Waals surface area contributed by atoms with Gasteiger partial charge in [0.05, 0.1) is 15.6 Å². The van der Waals surface area contributed by atoms with E-state index in [1.807, 2.05) is 0 Å². The molecule has 0 aliphatic heterocycles. The molecular formula is C18H15BrF3N5O2. The van der Waals surface area contributed by atoms with Gasteiger partial charge in [-0.2, -0.15) is 13.2 Å². The van der Waals surface area contributed by atoms with Crippen molar-refractivity contribution in [2.75, 3.05) is 0 Å². The maximum absolute atomic E-state index is 13.3. The van der Waals surface area contributed by atoms with Gasteiger partial charge in [0.1, 0.15) is 0 Å². The van der Waals surface area contributed by atoms with E-state index in [0.29, 0.717) is 10.3 Å². The molecule has 11 heteroatoms. The van der Waals surface area contributed by atoms with E-state index in [0.717, 1.165) is 6.07 Å². The van der Waals surface area contributed by atoms with Gasteiger partial charge >= 0.3 is 6.18 Å². The lowest BCUT2D eigenvalue weighted by atomic mass is 10.1. The number of nitrogens with two attached hydrogens (primary N) is 1. The van der Waals surface area contributed by atoms with E-state index in [1.165, 1.54) is 35.0 Å². The number of hydrogen-bond donors (Lipinski definition) is 1. The lowest BCUT2D eigenvalue weighted by molar-refractivity contribution is -0.137. The van der Waals surface area contributed by atoms with Crippen LogP contribution in [0, 0.1) is 0 Å². The molecule has 0 saturated carbocycles. The molecule has 0 saturated heterocycles. The highest BCUT2D eigenvalue weighted by Gasteiger charge is 2.35. The zero-order chi connectivity index (χ0) is 21.3. The minimum absolute atomic E-state index is 0.0551. The van der Waals surface area contributed by atoms with E-state index in [-0.39, 0.29) is 22.8 Å². The summed E-state index contributed by atoms with van der Waals surface area (Å²) in [5, 5.41) is 7.91. The lowest BCUT2D eigenvalue weighted by Gasteiger charge is -2.16. The molecule has 3 aromatic rings. The second-order valence-electron chi connectivity index (χ2n) is 6.12. The van der Waals surface area contributed by atoms with Crippen molar-refractivity contribution in [2.45, 2.75) is 19.2 Å². The summed E-state index contributed by atoms with van der Waals surface area (Å²) < 4.78 is 47.5. The topological polar surface area (TPSA) is 95.9 Å². The number of pyridine rings is 1.